The molecule has 3 atom stereocenters. The Kier molecular flexibility index (Phi) is 6.39. The molecule has 1 aliphatic heterocycles. The van der Waals surface area contributed by atoms with Gasteiger partial charge in [0.15, 0.2) is 9.84 Å². The molecule has 1 saturated heterocycles. The molecule has 36 heavy (non-hydrogen) atoms. The van der Waals surface area contributed by atoms with E-state index in [-0.39, 0.29) is 16.0 Å². The van der Waals surface area contributed by atoms with Gasteiger partial charge in [0.05, 0.1) is 17.0 Å². The smallest absolute Gasteiger partial charge is 0.368 e. The highest BCUT2D eigenvalue weighted by Crippen LogP contribution is 2.55. The van der Waals surface area contributed by atoms with Gasteiger partial charge in [-0.05, 0) is 54.7 Å². The van der Waals surface area contributed by atoms with Crippen LogP contribution in [-0.4, -0.2) is 49.6 Å². The van der Waals surface area contributed by atoms with E-state index in [4.69, 9.17) is 5.73 Å². The van der Waals surface area contributed by atoms with Crippen molar-refractivity contribution in [3.63, 3.8) is 0 Å². The molecule has 1 aliphatic carbocycles. The standard InChI is InChI=1S/C24H23F5N2O4S/c1-36(34,35)17-4-2-3-14(9-17)21(32)31-12-16(25)11-23(31,22(30)33)20(13-5-6-13)18-8-7-15(10-19(18)26)24(27,28)29/h2-4,7-10,13,16,20H,5-6,11-12H2,1H3,(H2,30,33)/t16?,20-,23+/m1/s1. The number of alkyl halides is 4. The van der Waals surface area contributed by atoms with Crippen LogP contribution < -0.4 is 5.73 Å². The van der Waals surface area contributed by atoms with Gasteiger partial charge in [-0.2, -0.15) is 13.2 Å². The highest BCUT2D eigenvalue weighted by Gasteiger charge is 2.61. The highest BCUT2D eigenvalue weighted by molar-refractivity contribution is 7.90. The van der Waals surface area contributed by atoms with Gasteiger partial charge in [0.2, 0.25) is 5.91 Å². The van der Waals surface area contributed by atoms with Gasteiger partial charge in [-0.1, -0.05) is 12.1 Å². The van der Waals surface area contributed by atoms with Crippen LogP contribution in [0.25, 0.3) is 0 Å². The maximum absolute atomic E-state index is 15.1. The van der Waals surface area contributed by atoms with Gasteiger partial charge < -0.3 is 10.6 Å². The van der Waals surface area contributed by atoms with E-state index in [0.717, 1.165) is 23.3 Å². The summed E-state index contributed by atoms with van der Waals surface area (Å²) in [5.74, 6) is -4.87. The molecule has 2 aromatic carbocycles. The zero-order chi connectivity index (χ0) is 26.6. The van der Waals surface area contributed by atoms with Crippen molar-refractivity contribution >= 4 is 21.7 Å². The Morgan fingerprint density at radius 2 is 1.81 bits per heavy atom. The van der Waals surface area contributed by atoms with Crippen molar-refractivity contribution in [3.8, 4) is 0 Å². The van der Waals surface area contributed by atoms with E-state index in [0.29, 0.717) is 25.0 Å². The van der Waals surface area contributed by atoms with Crippen LogP contribution in [0.3, 0.4) is 0 Å². The first-order chi connectivity index (χ1) is 16.7. The fourth-order valence-corrected chi connectivity index (χ4v) is 5.79. The molecule has 1 heterocycles. The second-order valence-electron chi connectivity index (χ2n) is 9.35. The van der Waals surface area contributed by atoms with Gasteiger partial charge in [-0.15, -0.1) is 0 Å². The molecule has 2 N–H and O–H groups in total. The summed E-state index contributed by atoms with van der Waals surface area (Å²) in [6.07, 6.45) is -5.21. The molecule has 0 spiro atoms. The van der Waals surface area contributed by atoms with Crippen LogP contribution in [-0.2, 0) is 20.8 Å². The van der Waals surface area contributed by atoms with Crippen LogP contribution >= 0.6 is 0 Å². The molecule has 0 bridgehead atoms. The first-order valence-corrected chi connectivity index (χ1v) is 13.0. The number of nitrogens with two attached hydrogens (primary N) is 1. The maximum Gasteiger partial charge on any atom is 0.416 e. The molecule has 1 saturated carbocycles. The molecule has 1 unspecified atom stereocenters. The van der Waals surface area contributed by atoms with Crippen molar-refractivity contribution in [2.24, 2.45) is 11.7 Å². The summed E-state index contributed by atoms with van der Waals surface area (Å²) in [5.41, 5.74) is 2.04. The number of rotatable bonds is 6. The average Bonchev–Trinajstić information content (AvgIpc) is 3.55. The second-order valence-corrected chi connectivity index (χ2v) is 11.4. The van der Waals surface area contributed by atoms with E-state index < -0.39 is 75.7 Å². The number of primary amides is 1. The zero-order valence-electron chi connectivity index (χ0n) is 19.1. The number of likely N-dealkylation sites (tertiary alicyclic amines) is 1. The maximum atomic E-state index is 15.1. The molecular formula is C24H23F5N2O4S. The third-order valence-corrected chi connectivity index (χ3v) is 7.96. The molecule has 0 radical (unpaired) electrons. The first-order valence-electron chi connectivity index (χ1n) is 11.1. The first kappa shape index (κ1) is 26.1. The van der Waals surface area contributed by atoms with E-state index in [2.05, 4.69) is 0 Å². The minimum absolute atomic E-state index is 0.153. The third-order valence-electron chi connectivity index (χ3n) is 6.85. The number of halogens is 5. The van der Waals surface area contributed by atoms with Crippen LogP contribution in [0.4, 0.5) is 22.0 Å². The van der Waals surface area contributed by atoms with Gasteiger partial charge in [0.25, 0.3) is 5.91 Å². The number of hydrogen-bond donors (Lipinski definition) is 1. The summed E-state index contributed by atoms with van der Waals surface area (Å²) in [5, 5.41) is 0. The van der Waals surface area contributed by atoms with Gasteiger partial charge in [0, 0.05) is 24.2 Å². The van der Waals surface area contributed by atoms with E-state index in [1.807, 2.05) is 0 Å². The number of carbonyl (C=O) groups is 2. The predicted molar refractivity (Wildman–Crippen MR) is 119 cm³/mol. The number of benzene rings is 2. The summed E-state index contributed by atoms with van der Waals surface area (Å²) >= 11 is 0. The van der Waals surface area contributed by atoms with Crippen molar-refractivity contribution in [2.75, 3.05) is 12.8 Å². The van der Waals surface area contributed by atoms with Gasteiger partial charge in [-0.3, -0.25) is 9.59 Å². The Hall–Kier alpha value is -3.02. The molecule has 2 aromatic rings. The van der Waals surface area contributed by atoms with Crippen LogP contribution in [0.5, 0.6) is 0 Å². The summed E-state index contributed by atoms with van der Waals surface area (Å²) in [6.45, 7) is -0.573. The lowest BCUT2D eigenvalue weighted by atomic mass is 9.73. The minimum Gasteiger partial charge on any atom is -0.368 e. The van der Waals surface area contributed by atoms with Gasteiger partial charge >= 0.3 is 6.18 Å². The minimum atomic E-state index is -4.81. The Morgan fingerprint density at radius 3 is 2.33 bits per heavy atom. The fraction of sp³-hybridized carbons (Fsp3) is 0.417. The second kappa shape index (κ2) is 8.82. The number of nitrogens with zero attached hydrogens (tertiary/aromatic N) is 1. The third kappa shape index (κ3) is 4.58. The SMILES string of the molecule is CS(=O)(=O)c1cccc(C(=O)N2CC(F)C[C@@]2(C(N)=O)[C@@H](c2ccc(C(F)(F)F)cc2F)C2CC2)c1. The van der Waals surface area contributed by atoms with E-state index >= 15 is 4.39 Å². The Labute approximate surface area is 204 Å². The normalized spacial score (nSPS) is 23.5. The molecular weight excluding hydrogens is 507 g/mol. The summed E-state index contributed by atoms with van der Waals surface area (Å²) in [4.78, 5) is 27.3. The van der Waals surface area contributed by atoms with Crippen LogP contribution in [0.2, 0.25) is 0 Å². The van der Waals surface area contributed by atoms with Crippen molar-refractivity contribution in [2.45, 2.75) is 48.0 Å². The Morgan fingerprint density at radius 1 is 1.14 bits per heavy atom. The molecule has 12 heteroatoms. The predicted octanol–water partition coefficient (Wildman–Crippen LogP) is 3.85. The van der Waals surface area contributed by atoms with Crippen LogP contribution in [0, 0.1) is 11.7 Å². The van der Waals surface area contributed by atoms with Crippen molar-refractivity contribution in [1.29, 1.82) is 0 Å². The molecule has 0 aromatic heterocycles. The number of sulfone groups is 1. The molecule has 194 valence electrons. The van der Waals surface area contributed by atoms with Crippen molar-refractivity contribution < 1.29 is 40.0 Å². The summed E-state index contributed by atoms with van der Waals surface area (Å²) in [7, 11) is -3.70. The van der Waals surface area contributed by atoms with Crippen molar-refractivity contribution in [1.82, 2.24) is 4.90 Å². The highest BCUT2D eigenvalue weighted by atomic mass is 32.2. The number of carbonyl (C=O) groups excluding carboxylic acids is 2. The van der Waals surface area contributed by atoms with Gasteiger partial charge in [0.1, 0.15) is 17.5 Å². The lowest BCUT2D eigenvalue weighted by Gasteiger charge is -2.42. The Balaban J connectivity index is 1.85. The lowest BCUT2D eigenvalue weighted by molar-refractivity contribution is -0.138. The molecule has 2 amide bonds. The van der Waals surface area contributed by atoms with Crippen molar-refractivity contribution in [3.05, 3.63) is 65.0 Å². The van der Waals surface area contributed by atoms with E-state index in [1.165, 1.54) is 18.2 Å². The monoisotopic (exact) mass is 530 g/mol. The van der Waals surface area contributed by atoms with E-state index in [9.17, 15) is 35.6 Å². The molecule has 6 nitrogen and oxygen atoms in total. The van der Waals surface area contributed by atoms with Gasteiger partial charge in [-0.25, -0.2) is 17.2 Å². The van der Waals surface area contributed by atoms with Crippen LogP contribution in [0.15, 0.2) is 47.4 Å². The topological polar surface area (TPSA) is 97.5 Å². The van der Waals surface area contributed by atoms with Crippen LogP contribution in [0.1, 0.15) is 46.7 Å². The van der Waals surface area contributed by atoms with E-state index in [1.54, 1.807) is 0 Å². The summed E-state index contributed by atoms with van der Waals surface area (Å²) < 4.78 is 93.3. The molecule has 4 rings (SSSR count). The Bertz CT molecular complexity index is 1330. The molecule has 2 aliphatic rings. The average molecular weight is 531 g/mol. The lowest BCUT2D eigenvalue weighted by Crippen LogP contribution is -2.60. The largest absolute Gasteiger partial charge is 0.416 e. The number of hydrogen-bond acceptors (Lipinski definition) is 4. The quantitative estimate of drug-likeness (QED) is 0.574. The molecule has 2 fully saturated rings. The summed E-state index contributed by atoms with van der Waals surface area (Å²) in [6, 6.07) is 6.84. The zero-order valence-corrected chi connectivity index (χ0v) is 19.9. The fourth-order valence-electron chi connectivity index (χ4n) is 5.12. The number of amides is 2.